The van der Waals surface area contributed by atoms with Crippen molar-refractivity contribution >= 4 is 15.9 Å². The van der Waals surface area contributed by atoms with Crippen molar-refractivity contribution in [2.24, 2.45) is 0 Å². The van der Waals surface area contributed by atoms with E-state index in [9.17, 15) is 8.78 Å². The first kappa shape index (κ1) is 9.51. The maximum atomic E-state index is 12.0. The van der Waals surface area contributed by atoms with Crippen molar-refractivity contribution in [3.8, 4) is 17.2 Å². The van der Waals surface area contributed by atoms with E-state index in [-0.39, 0.29) is 18.3 Å². The zero-order valence-corrected chi connectivity index (χ0v) is 8.38. The van der Waals surface area contributed by atoms with Gasteiger partial charge in [-0.25, -0.2) is 0 Å². The fourth-order valence-corrected chi connectivity index (χ4v) is 1.53. The van der Waals surface area contributed by atoms with Crippen LogP contribution in [0.25, 0.3) is 0 Å². The van der Waals surface area contributed by atoms with Crippen LogP contribution in [0.15, 0.2) is 16.6 Å². The second kappa shape index (κ2) is 3.61. The number of halogens is 3. The van der Waals surface area contributed by atoms with Crippen LogP contribution in [-0.2, 0) is 0 Å². The first-order valence-electron chi connectivity index (χ1n) is 3.71. The van der Waals surface area contributed by atoms with Gasteiger partial charge in [0.05, 0.1) is 4.47 Å². The van der Waals surface area contributed by atoms with Gasteiger partial charge in [-0.15, -0.1) is 0 Å². The van der Waals surface area contributed by atoms with Gasteiger partial charge in [0.2, 0.25) is 12.5 Å². The third-order valence-corrected chi connectivity index (χ3v) is 2.28. The Labute approximate surface area is 86.7 Å². The zero-order chi connectivity index (χ0) is 10.1. The second-order valence-corrected chi connectivity index (χ2v) is 3.34. The van der Waals surface area contributed by atoms with E-state index in [2.05, 4.69) is 20.7 Å². The summed E-state index contributed by atoms with van der Waals surface area (Å²) in [6.07, 6.45) is 0. The molecule has 0 fully saturated rings. The lowest BCUT2D eigenvalue weighted by Crippen LogP contribution is -2.03. The zero-order valence-electron chi connectivity index (χ0n) is 6.80. The van der Waals surface area contributed by atoms with E-state index in [0.29, 0.717) is 10.2 Å². The molecule has 0 amide bonds. The Hall–Kier alpha value is -1.04. The van der Waals surface area contributed by atoms with Crippen LogP contribution < -0.4 is 14.2 Å². The number of hydrogen-bond donors (Lipinski definition) is 0. The molecule has 1 aromatic rings. The Kier molecular flexibility index (Phi) is 2.45. The Morgan fingerprint density at radius 2 is 2.14 bits per heavy atom. The molecule has 3 nitrogen and oxygen atoms in total. The molecule has 0 saturated carbocycles. The lowest BCUT2D eigenvalue weighted by atomic mass is 10.3. The third-order valence-electron chi connectivity index (χ3n) is 1.65. The second-order valence-electron chi connectivity index (χ2n) is 2.49. The highest BCUT2D eigenvalue weighted by atomic mass is 79.9. The highest BCUT2D eigenvalue weighted by molar-refractivity contribution is 9.10. The van der Waals surface area contributed by atoms with E-state index >= 15 is 0 Å². The predicted molar refractivity (Wildman–Crippen MR) is 46.9 cm³/mol. The molecular weight excluding hydrogens is 262 g/mol. The highest BCUT2D eigenvalue weighted by Gasteiger charge is 2.23. The summed E-state index contributed by atoms with van der Waals surface area (Å²) < 4.78 is 38.8. The van der Waals surface area contributed by atoms with Gasteiger partial charge in [-0.3, -0.25) is 0 Å². The molecule has 0 aromatic heterocycles. The number of ether oxygens (including phenoxy) is 3. The summed E-state index contributed by atoms with van der Waals surface area (Å²) in [6.45, 7) is -2.87. The van der Waals surface area contributed by atoms with Crippen molar-refractivity contribution < 1.29 is 23.0 Å². The molecule has 0 atom stereocenters. The van der Waals surface area contributed by atoms with Crippen LogP contribution >= 0.6 is 15.9 Å². The van der Waals surface area contributed by atoms with E-state index in [1.54, 1.807) is 12.1 Å². The van der Waals surface area contributed by atoms with E-state index in [1.165, 1.54) is 0 Å². The molecule has 0 aliphatic carbocycles. The van der Waals surface area contributed by atoms with Crippen LogP contribution in [0.4, 0.5) is 8.78 Å². The van der Waals surface area contributed by atoms with Gasteiger partial charge in [0.1, 0.15) is 0 Å². The standard InChI is InChI=1S/C8H5BrF2O3/c9-4-1-2-5-7(13-3-12-5)6(4)14-8(10)11/h1-2,8H,3H2. The van der Waals surface area contributed by atoms with Crippen LogP contribution in [0.1, 0.15) is 0 Å². The fraction of sp³-hybridized carbons (Fsp3) is 0.250. The summed E-state index contributed by atoms with van der Waals surface area (Å²) >= 11 is 3.08. The summed E-state index contributed by atoms with van der Waals surface area (Å²) in [6, 6.07) is 3.18. The monoisotopic (exact) mass is 266 g/mol. The molecule has 1 aliphatic rings. The van der Waals surface area contributed by atoms with Gasteiger partial charge in [0.25, 0.3) is 0 Å². The van der Waals surface area contributed by atoms with Crippen molar-refractivity contribution in [2.45, 2.75) is 6.61 Å². The number of fused-ring (bicyclic) bond motifs is 1. The molecule has 0 bridgehead atoms. The fourth-order valence-electron chi connectivity index (χ4n) is 1.12. The van der Waals surface area contributed by atoms with Gasteiger partial charge in [-0.1, -0.05) is 0 Å². The van der Waals surface area contributed by atoms with Crippen LogP contribution in [0.3, 0.4) is 0 Å². The summed E-state index contributed by atoms with van der Waals surface area (Å²) in [5.74, 6) is 0.582. The number of hydrogen-bond acceptors (Lipinski definition) is 3. The summed E-state index contributed by atoms with van der Waals surface area (Å²) in [5, 5.41) is 0. The molecule has 0 N–H and O–H groups in total. The molecule has 2 rings (SSSR count). The lowest BCUT2D eigenvalue weighted by molar-refractivity contribution is -0.0518. The van der Waals surface area contributed by atoms with E-state index in [4.69, 9.17) is 9.47 Å². The Morgan fingerprint density at radius 1 is 1.36 bits per heavy atom. The van der Waals surface area contributed by atoms with E-state index in [0.717, 1.165) is 0 Å². The largest absolute Gasteiger partial charge is 0.453 e. The van der Waals surface area contributed by atoms with Gasteiger partial charge < -0.3 is 14.2 Å². The van der Waals surface area contributed by atoms with Crippen LogP contribution in [0, 0.1) is 0 Å². The van der Waals surface area contributed by atoms with Gasteiger partial charge in [-0.05, 0) is 28.1 Å². The molecule has 0 spiro atoms. The first-order chi connectivity index (χ1) is 6.68. The molecule has 0 unspecified atom stereocenters. The minimum atomic E-state index is -2.89. The first-order valence-corrected chi connectivity index (χ1v) is 4.50. The third kappa shape index (κ3) is 1.61. The molecule has 1 heterocycles. The van der Waals surface area contributed by atoms with Gasteiger partial charge >= 0.3 is 6.61 Å². The van der Waals surface area contributed by atoms with Crippen molar-refractivity contribution in [2.75, 3.05) is 6.79 Å². The minimum absolute atomic E-state index is 0.0192. The molecular formula is C8H5BrF2O3. The van der Waals surface area contributed by atoms with Crippen molar-refractivity contribution in [3.05, 3.63) is 16.6 Å². The van der Waals surface area contributed by atoms with E-state index < -0.39 is 6.61 Å². The quantitative estimate of drug-likeness (QED) is 0.824. The van der Waals surface area contributed by atoms with Gasteiger partial charge in [0, 0.05) is 0 Å². The summed E-state index contributed by atoms with van der Waals surface area (Å²) in [4.78, 5) is 0. The molecule has 0 radical (unpaired) electrons. The average molecular weight is 267 g/mol. The molecule has 0 saturated heterocycles. The average Bonchev–Trinajstić information content (AvgIpc) is 2.57. The lowest BCUT2D eigenvalue weighted by Gasteiger charge is -2.08. The topological polar surface area (TPSA) is 27.7 Å². The highest BCUT2D eigenvalue weighted by Crippen LogP contribution is 2.45. The van der Waals surface area contributed by atoms with E-state index in [1.807, 2.05) is 0 Å². The Bertz CT molecular complexity index is 357. The molecule has 1 aliphatic heterocycles. The summed E-state index contributed by atoms with van der Waals surface area (Å²) in [7, 11) is 0. The van der Waals surface area contributed by atoms with Gasteiger partial charge in [0.15, 0.2) is 11.5 Å². The Morgan fingerprint density at radius 3 is 2.86 bits per heavy atom. The van der Waals surface area contributed by atoms with Crippen molar-refractivity contribution in [1.82, 2.24) is 0 Å². The molecule has 6 heteroatoms. The molecule has 1 aromatic carbocycles. The maximum Gasteiger partial charge on any atom is 0.387 e. The Balaban J connectivity index is 2.41. The summed E-state index contributed by atoms with van der Waals surface area (Å²) in [5.41, 5.74) is 0. The van der Waals surface area contributed by atoms with Crippen LogP contribution in [-0.4, -0.2) is 13.4 Å². The minimum Gasteiger partial charge on any atom is -0.453 e. The normalized spacial score (nSPS) is 13.4. The number of benzene rings is 1. The number of rotatable bonds is 2. The smallest absolute Gasteiger partial charge is 0.387 e. The SMILES string of the molecule is FC(F)Oc1c(Br)ccc2c1OCO2. The molecule has 76 valence electrons. The number of alkyl halides is 2. The van der Waals surface area contributed by atoms with Crippen molar-refractivity contribution in [1.29, 1.82) is 0 Å². The van der Waals surface area contributed by atoms with Crippen LogP contribution in [0.2, 0.25) is 0 Å². The predicted octanol–water partition coefficient (Wildman–Crippen LogP) is 2.78. The van der Waals surface area contributed by atoms with Gasteiger partial charge in [-0.2, -0.15) is 8.78 Å². The molecule has 14 heavy (non-hydrogen) atoms. The maximum absolute atomic E-state index is 12.0. The van der Waals surface area contributed by atoms with Crippen LogP contribution in [0.5, 0.6) is 17.2 Å². The van der Waals surface area contributed by atoms with Crippen molar-refractivity contribution in [3.63, 3.8) is 0 Å².